The summed E-state index contributed by atoms with van der Waals surface area (Å²) in [6.07, 6.45) is 2.98. The second kappa shape index (κ2) is 7.13. The van der Waals surface area contributed by atoms with Crippen LogP contribution in [0.15, 0.2) is 40.9 Å². The van der Waals surface area contributed by atoms with E-state index < -0.39 is 0 Å². The van der Waals surface area contributed by atoms with Gasteiger partial charge in [0.25, 0.3) is 0 Å². The summed E-state index contributed by atoms with van der Waals surface area (Å²) in [7, 11) is 0. The molecule has 1 aliphatic carbocycles. The van der Waals surface area contributed by atoms with Gasteiger partial charge in [0, 0.05) is 22.9 Å². The zero-order valence-electron chi connectivity index (χ0n) is 13.8. The van der Waals surface area contributed by atoms with Gasteiger partial charge < -0.3 is 14.8 Å². The second-order valence-electron chi connectivity index (χ2n) is 6.17. The minimum atomic E-state index is -0.291. The molecule has 2 heterocycles. The Labute approximate surface area is 158 Å². The van der Waals surface area contributed by atoms with Gasteiger partial charge in [-0.3, -0.25) is 4.79 Å². The first-order valence-corrected chi connectivity index (χ1v) is 10.1. The number of aromatic nitrogens is 3. The lowest BCUT2D eigenvalue weighted by Crippen LogP contribution is -2.06. The topological polar surface area (TPSA) is 88.2 Å². The van der Waals surface area contributed by atoms with Gasteiger partial charge in [0.1, 0.15) is 5.82 Å². The average molecular weight is 387 g/mol. The maximum Gasteiger partial charge on any atom is 0.191 e. The number of rotatable bonds is 7. The maximum absolute atomic E-state index is 12.4. The summed E-state index contributed by atoms with van der Waals surface area (Å²) in [6, 6.07) is 8.65. The number of phenols is 2. The third kappa shape index (κ3) is 3.61. The highest BCUT2D eigenvalue weighted by Crippen LogP contribution is 2.39. The number of hydrogen-bond acceptors (Lipinski definition) is 7. The van der Waals surface area contributed by atoms with Crippen LogP contribution >= 0.6 is 23.1 Å². The molecule has 0 spiro atoms. The van der Waals surface area contributed by atoms with Crippen molar-refractivity contribution < 1.29 is 15.0 Å². The van der Waals surface area contributed by atoms with Gasteiger partial charge in [-0.15, -0.1) is 21.5 Å². The van der Waals surface area contributed by atoms with E-state index in [1.54, 1.807) is 11.3 Å². The van der Waals surface area contributed by atoms with E-state index in [1.165, 1.54) is 34.8 Å². The van der Waals surface area contributed by atoms with Gasteiger partial charge in [-0.25, -0.2) is 0 Å². The lowest BCUT2D eigenvalue weighted by Gasteiger charge is -2.08. The number of thiophene rings is 1. The third-order valence-electron chi connectivity index (χ3n) is 4.19. The Morgan fingerprint density at radius 3 is 2.77 bits per heavy atom. The van der Waals surface area contributed by atoms with E-state index >= 15 is 0 Å². The molecule has 0 unspecified atom stereocenters. The zero-order valence-corrected chi connectivity index (χ0v) is 15.5. The Balaban J connectivity index is 1.48. The molecule has 1 aliphatic rings. The largest absolute Gasteiger partial charge is 0.504 e. The molecule has 26 heavy (non-hydrogen) atoms. The molecule has 0 aliphatic heterocycles. The van der Waals surface area contributed by atoms with Crippen molar-refractivity contribution in [1.82, 2.24) is 14.8 Å². The molecule has 3 aromatic rings. The summed E-state index contributed by atoms with van der Waals surface area (Å²) in [5.41, 5.74) is 0.365. The number of benzene rings is 1. The SMILES string of the molecule is O=C(CSc1nnc(Cc2cccs2)n1C1CC1)c1ccc(O)c(O)c1. The molecule has 0 bridgehead atoms. The Bertz CT molecular complexity index is 933. The number of Topliss-reactive ketones (excluding diaryl/α,β-unsaturated/α-hetero) is 1. The van der Waals surface area contributed by atoms with Gasteiger partial charge in [0.05, 0.1) is 5.75 Å². The van der Waals surface area contributed by atoms with Crippen molar-refractivity contribution in [3.63, 3.8) is 0 Å². The molecule has 0 saturated heterocycles. The Morgan fingerprint density at radius 1 is 1.23 bits per heavy atom. The number of aromatic hydroxyl groups is 2. The van der Waals surface area contributed by atoms with E-state index in [0.717, 1.165) is 30.2 Å². The van der Waals surface area contributed by atoms with Crippen molar-refractivity contribution in [3.05, 3.63) is 52.0 Å². The van der Waals surface area contributed by atoms with Crippen LogP contribution in [0.2, 0.25) is 0 Å². The van der Waals surface area contributed by atoms with Crippen LogP contribution < -0.4 is 0 Å². The van der Waals surface area contributed by atoms with Crippen molar-refractivity contribution >= 4 is 28.9 Å². The number of carbonyl (C=O) groups excluding carboxylic acids is 1. The number of nitrogens with zero attached hydrogens (tertiary/aromatic N) is 3. The highest BCUT2D eigenvalue weighted by molar-refractivity contribution is 7.99. The fraction of sp³-hybridized carbons (Fsp3) is 0.278. The van der Waals surface area contributed by atoms with E-state index in [0.29, 0.717) is 11.6 Å². The second-order valence-corrected chi connectivity index (χ2v) is 8.15. The third-order valence-corrected chi connectivity index (χ3v) is 6.01. The van der Waals surface area contributed by atoms with Gasteiger partial charge in [-0.05, 0) is 42.5 Å². The van der Waals surface area contributed by atoms with Gasteiger partial charge in [0.2, 0.25) is 0 Å². The number of hydrogen-bond donors (Lipinski definition) is 2. The van der Waals surface area contributed by atoms with Crippen LogP contribution in [-0.2, 0) is 6.42 Å². The molecule has 1 aromatic carbocycles. The molecule has 4 rings (SSSR count). The summed E-state index contributed by atoms with van der Waals surface area (Å²) >= 11 is 3.06. The van der Waals surface area contributed by atoms with E-state index in [-0.39, 0.29) is 23.0 Å². The van der Waals surface area contributed by atoms with Crippen molar-refractivity contribution in [2.24, 2.45) is 0 Å². The van der Waals surface area contributed by atoms with E-state index in [9.17, 15) is 15.0 Å². The van der Waals surface area contributed by atoms with Crippen LogP contribution in [0.1, 0.15) is 39.9 Å². The first kappa shape index (κ1) is 17.1. The van der Waals surface area contributed by atoms with Crippen LogP contribution in [-0.4, -0.2) is 36.5 Å². The monoisotopic (exact) mass is 387 g/mol. The summed E-state index contributed by atoms with van der Waals surface area (Å²) in [6.45, 7) is 0. The number of phenolic OH excluding ortho intramolecular Hbond substituents is 2. The zero-order chi connectivity index (χ0) is 18.1. The minimum Gasteiger partial charge on any atom is -0.504 e. The van der Waals surface area contributed by atoms with Crippen LogP contribution in [0.4, 0.5) is 0 Å². The van der Waals surface area contributed by atoms with Gasteiger partial charge in [-0.1, -0.05) is 17.8 Å². The number of carbonyl (C=O) groups is 1. The Kier molecular flexibility index (Phi) is 4.69. The normalized spacial score (nSPS) is 13.8. The van der Waals surface area contributed by atoms with Crippen LogP contribution in [0.25, 0.3) is 0 Å². The number of thioether (sulfide) groups is 1. The molecule has 2 N–H and O–H groups in total. The lowest BCUT2D eigenvalue weighted by molar-refractivity contribution is 0.102. The van der Waals surface area contributed by atoms with Crippen molar-refractivity contribution in [2.45, 2.75) is 30.5 Å². The molecule has 134 valence electrons. The molecule has 2 aromatic heterocycles. The van der Waals surface area contributed by atoms with Gasteiger partial charge in [-0.2, -0.15) is 0 Å². The molecular weight excluding hydrogens is 370 g/mol. The first-order valence-electron chi connectivity index (χ1n) is 8.26. The Hall–Kier alpha value is -2.32. The fourth-order valence-electron chi connectivity index (χ4n) is 2.71. The maximum atomic E-state index is 12.4. The van der Waals surface area contributed by atoms with E-state index in [2.05, 4.69) is 26.2 Å². The summed E-state index contributed by atoms with van der Waals surface area (Å²) < 4.78 is 2.16. The smallest absolute Gasteiger partial charge is 0.191 e. The van der Waals surface area contributed by atoms with Crippen LogP contribution in [0.5, 0.6) is 11.5 Å². The van der Waals surface area contributed by atoms with E-state index in [4.69, 9.17) is 0 Å². The first-order chi connectivity index (χ1) is 12.6. The van der Waals surface area contributed by atoms with Crippen molar-refractivity contribution in [2.75, 3.05) is 5.75 Å². The van der Waals surface area contributed by atoms with Crippen LogP contribution in [0, 0.1) is 0 Å². The summed E-state index contributed by atoms with van der Waals surface area (Å²) in [5, 5.41) is 30.4. The van der Waals surface area contributed by atoms with Gasteiger partial charge in [0.15, 0.2) is 22.4 Å². The summed E-state index contributed by atoms with van der Waals surface area (Å²) in [5.74, 6) is 0.484. The van der Waals surface area contributed by atoms with Gasteiger partial charge >= 0.3 is 0 Å². The Morgan fingerprint density at radius 2 is 2.08 bits per heavy atom. The molecule has 0 radical (unpaired) electrons. The number of ketones is 1. The van der Waals surface area contributed by atoms with Crippen molar-refractivity contribution in [3.8, 4) is 11.5 Å². The molecule has 8 heteroatoms. The highest BCUT2D eigenvalue weighted by Gasteiger charge is 2.30. The van der Waals surface area contributed by atoms with Crippen molar-refractivity contribution in [1.29, 1.82) is 0 Å². The molecule has 0 amide bonds. The molecular formula is C18H17N3O3S2. The average Bonchev–Trinajstić information content (AvgIpc) is 3.18. The fourth-order valence-corrected chi connectivity index (χ4v) is 4.33. The lowest BCUT2D eigenvalue weighted by atomic mass is 10.1. The predicted molar refractivity (Wildman–Crippen MR) is 100 cm³/mol. The predicted octanol–water partition coefficient (Wildman–Crippen LogP) is 3.65. The molecule has 1 saturated carbocycles. The minimum absolute atomic E-state index is 0.129. The van der Waals surface area contributed by atoms with Crippen LogP contribution in [0.3, 0.4) is 0 Å². The van der Waals surface area contributed by atoms with E-state index in [1.807, 2.05) is 6.07 Å². The molecule has 1 fully saturated rings. The molecule has 0 atom stereocenters. The highest BCUT2D eigenvalue weighted by atomic mass is 32.2. The molecule has 6 nitrogen and oxygen atoms in total. The summed E-state index contributed by atoms with van der Waals surface area (Å²) in [4.78, 5) is 13.6. The standard InChI is InChI=1S/C18H17N3O3S2/c22-14-6-3-11(8-15(14)23)16(24)10-26-18-20-19-17(21(18)12-4-5-12)9-13-2-1-7-25-13/h1-3,6-8,12,22-23H,4-5,9-10H2. The quantitative estimate of drug-likeness (QED) is 0.365.